The molecular formula is C18H20FNO2. The number of carbonyl (C=O) groups is 1. The van der Waals surface area contributed by atoms with E-state index in [0.717, 1.165) is 5.56 Å². The second kappa shape index (κ2) is 6.26. The Morgan fingerprint density at radius 1 is 1.27 bits per heavy atom. The number of hydrogen-bond acceptors (Lipinski definition) is 2. The van der Waals surface area contributed by atoms with E-state index in [2.05, 4.69) is 4.98 Å². The van der Waals surface area contributed by atoms with Crippen LogP contribution in [0, 0.1) is 25.6 Å². The maximum absolute atomic E-state index is 13.8. The van der Waals surface area contributed by atoms with Crippen molar-refractivity contribution in [3.05, 3.63) is 52.5 Å². The molecule has 4 heteroatoms. The van der Waals surface area contributed by atoms with Gasteiger partial charge in [0.05, 0.1) is 17.0 Å². The standard InChI is InChI=1S/C18H20FNO2/c1-10(2)7-14-9-16(20-12(4)17(14)18(21)22)13-6-5-11(3)15(19)8-13/h5-6,8-10H,7H2,1-4H3,(H,21,22). The molecule has 0 saturated heterocycles. The molecule has 0 aliphatic rings. The summed E-state index contributed by atoms with van der Waals surface area (Å²) in [6, 6.07) is 6.71. The fourth-order valence-electron chi connectivity index (χ4n) is 2.53. The lowest BCUT2D eigenvalue weighted by Gasteiger charge is -2.13. The van der Waals surface area contributed by atoms with Crippen molar-refractivity contribution in [2.24, 2.45) is 5.92 Å². The maximum atomic E-state index is 13.8. The highest BCUT2D eigenvalue weighted by Gasteiger charge is 2.18. The average molecular weight is 301 g/mol. The summed E-state index contributed by atoms with van der Waals surface area (Å²) in [6.07, 6.45) is 0.645. The summed E-state index contributed by atoms with van der Waals surface area (Å²) in [5.41, 5.74) is 3.30. The van der Waals surface area contributed by atoms with Crippen LogP contribution in [-0.2, 0) is 6.42 Å². The number of aromatic nitrogens is 1. The van der Waals surface area contributed by atoms with Crippen LogP contribution in [0.4, 0.5) is 4.39 Å². The molecule has 1 aromatic carbocycles. The van der Waals surface area contributed by atoms with Crippen LogP contribution in [0.15, 0.2) is 24.3 Å². The Morgan fingerprint density at radius 3 is 2.50 bits per heavy atom. The number of carboxylic acids is 1. The van der Waals surface area contributed by atoms with E-state index in [1.165, 1.54) is 6.07 Å². The number of benzene rings is 1. The Labute approximate surface area is 129 Å². The first-order valence-electron chi connectivity index (χ1n) is 7.30. The predicted octanol–water partition coefficient (Wildman–Crippen LogP) is 4.40. The highest BCUT2D eigenvalue weighted by atomic mass is 19.1. The van der Waals surface area contributed by atoms with Crippen molar-refractivity contribution in [1.29, 1.82) is 0 Å². The van der Waals surface area contributed by atoms with E-state index in [1.807, 2.05) is 13.8 Å². The van der Waals surface area contributed by atoms with Gasteiger partial charge in [-0.2, -0.15) is 0 Å². The minimum Gasteiger partial charge on any atom is -0.478 e. The van der Waals surface area contributed by atoms with E-state index in [4.69, 9.17) is 0 Å². The minimum atomic E-state index is -0.970. The number of aryl methyl sites for hydroxylation is 2. The van der Waals surface area contributed by atoms with Gasteiger partial charge in [-0.25, -0.2) is 9.18 Å². The van der Waals surface area contributed by atoms with Crippen molar-refractivity contribution in [2.45, 2.75) is 34.1 Å². The molecule has 1 N–H and O–H groups in total. The molecule has 0 unspecified atom stereocenters. The Bertz CT molecular complexity index is 723. The lowest BCUT2D eigenvalue weighted by molar-refractivity contribution is 0.0694. The fourth-order valence-corrected chi connectivity index (χ4v) is 2.53. The number of nitrogens with zero attached hydrogens (tertiary/aromatic N) is 1. The van der Waals surface area contributed by atoms with Gasteiger partial charge < -0.3 is 5.11 Å². The quantitative estimate of drug-likeness (QED) is 0.910. The Balaban J connectivity index is 2.60. The monoisotopic (exact) mass is 301 g/mol. The summed E-state index contributed by atoms with van der Waals surface area (Å²) in [5.74, 6) is -0.936. The Kier molecular flexibility index (Phi) is 4.59. The van der Waals surface area contributed by atoms with Gasteiger partial charge in [0.15, 0.2) is 0 Å². The SMILES string of the molecule is Cc1ccc(-c2cc(CC(C)C)c(C(=O)O)c(C)n2)cc1F. The third kappa shape index (κ3) is 3.32. The molecule has 0 atom stereocenters. The van der Waals surface area contributed by atoms with Crippen molar-refractivity contribution in [3.8, 4) is 11.3 Å². The summed E-state index contributed by atoms with van der Waals surface area (Å²) in [7, 11) is 0. The van der Waals surface area contributed by atoms with E-state index in [0.29, 0.717) is 34.9 Å². The first-order valence-corrected chi connectivity index (χ1v) is 7.30. The van der Waals surface area contributed by atoms with Gasteiger partial charge in [-0.1, -0.05) is 26.0 Å². The summed E-state index contributed by atoms with van der Waals surface area (Å²) in [4.78, 5) is 15.8. The third-order valence-corrected chi connectivity index (χ3v) is 3.59. The van der Waals surface area contributed by atoms with E-state index in [-0.39, 0.29) is 11.4 Å². The van der Waals surface area contributed by atoms with E-state index in [1.54, 1.807) is 32.0 Å². The lowest BCUT2D eigenvalue weighted by Crippen LogP contribution is -2.10. The Morgan fingerprint density at radius 2 is 1.95 bits per heavy atom. The van der Waals surface area contributed by atoms with Crippen molar-refractivity contribution in [2.75, 3.05) is 0 Å². The molecule has 0 aliphatic heterocycles. The van der Waals surface area contributed by atoms with Gasteiger partial charge in [0.25, 0.3) is 0 Å². The highest BCUT2D eigenvalue weighted by molar-refractivity contribution is 5.91. The minimum absolute atomic E-state index is 0.255. The molecule has 0 bridgehead atoms. The average Bonchev–Trinajstić information content (AvgIpc) is 2.40. The molecule has 22 heavy (non-hydrogen) atoms. The third-order valence-electron chi connectivity index (χ3n) is 3.59. The summed E-state index contributed by atoms with van der Waals surface area (Å²) >= 11 is 0. The molecule has 0 radical (unpaired) electrons. The van der Waals surface area contributed by atoms with Crippen LogP contribution < -0.4 is 0 Å². The molecule has 0 saturated carbocycles. The summed E-state index contributed by atoms with van der Waals surface area (Å²) in [6.45, 7) is 7.45. The van der Waals surface area contributed by atoms with Crippen LogP contribution in [0.2, 0.25) is 0 Å². The molecule has 2 rings (SSSR count). The number of carboxylic acid groups (broad SMARTS) is 1. The number of aromatic carboxylic acids is 1. The van der Waals surface area contributed by atoms with Gasteiger partial charge in [0.1, 0.15) is 5.82 Å². The van der Waals surface area contributed by atoms with Gasteiger partial charge in [0.2, 0.25) is 0 Å². The number of rotatable bonds is 4. The predicted molar refractivity (Wildman–Crippen MR) is 84.6 cm³/mol. The zero-order chi connectivity index (χ0) is 16.4. The number of halogens is 1. The van der Waals surface area contributed by atoms with Crippen LogP contribution in [0.1, 0.15) is 41.0 Å². The van der Waals surface area contributed by atoms with Crippen LogP contribution in [0.3, 0.4) is 0 Å². The van der Waals surface area contributed by atoms with E-state index >= 15 is 0 Å². The number of hydrogen-bond donors (Lipinski definition) is 1. The zero-order valence-electron chi connectivity index (χ0n) is 13.3. The number of pyridine rings is 1. The van der Waals surface area contributed by atoms with Crippen molar-refractivity contribution in [3.63, 3.8) is 0 Å². The normalized spacial score (nSPS) is 11.0. The van der Waals surface area contributed by atoms with Crippen LogP contribution >= 0.6 is 0 Å². The summed E-state index contributed by atoms with van der Waals surface area (Å²) < 4.78 is 13.8. The molecule has 0 fully saturated rings. The van der Waals surface area contributed by atoms with Gasteiger partial charge >= 0.3 is 5.97 Å². The molecule has 3 nitrogen and oxygen atoms in total. The maximum Gasteiger partial charge on any atom is 0.337 e. The zero-order valence-corrected chi connectivity index (χ0v) is 13.3. The van der Waals surface area contributed by atoms with Crippen LogP contribution in [0.5, 0.6) is 0 Å². The first-order chi connectivity index (χ1) is 10.3. The smallest absolute Gasteiger partial charge is 0.337 e. The van der Waals surface area contributed by atoms with Gasteiger partial charge in [-0.15, -0.1) is 0 Å². The van der Waals surface area contributed by atoms with Gasteiger partial charge in [0, 0.05) is 5.56 Å². The van der Waals surface area contributed by atoms with Crippen molar-refractivity contribution < 1.29 is 14.3 Å². The first kappa shape index (κ1) is 16.1. The second-order valence-electron chi connectivity index (χ2n) is 5.99. The molecule has 2 aromatic rings. The molecule has 0 aliphatic carbocycles. The van der Waals surface area contributed by atoms with Gasteiger partial charge in [-0.3, -0.25) is 4.98 Å². The largest absolute Gasteiger partial charge is 0.478 e. The fraction of sp³-hybridized carbons (Fsp3) is 0.333. The van der Waals surface area contributed by atoms with E-state index in [9.17, 15) is 14.3 Å². The molecule has 0 spiro atoms. The van der Waals surface area contributed by atoms with E-state index < -0.39 is 5.97 Å². The molecule has 1 heterocycles. The topological polar surface area (TPSA) is 50.2 Å². The molecule has 1 aromatic heterocycles. The summed E-state index contributed by atoms with van der Waals surface area (Å²) in [5, 5.41) is 9.40. The molecule has 0 amide bonds. The van der Waals surface area contributed by atoms with Crippen molar-refractivity contribution in [1.82, 2.24) is 4.98 Å². The second-order valence-corrected chi connectivity index (χ2v) is 5.99. The lowest BCUT2D eigenvalue weighted by atomic mass is 9.95. The molecular weight excluding hydrogens is 281 g/mol. The van der Waals surface area contributed by atoms with Crippen molar-refractivity contribution >= 4 is 5.97 Å². The highest BCUT2D eigenvalue weighted by Crippen LogP contribution is 2.26. The Hall–Kier alpha value is -2.23. The van der Waals surface area contributed by atoms with Gasteiger partial charge in [-0.05, 0) is 49.4 Å². The molecule has 116 valence electrons. The van der Waals surface area contributed by atoms with Crippen LogP contribution in [-0.4, -0.2) is 16.1 Å². The van der Waals surface area contributed by atoms with Crippen LogP contribution in [0.25, 0.3) is 11.3 Å².